The second-order valence-electron chi connectivity index (χ2n) is 3.32. The highest BCUT2D eigenvalue weighted by Crippen LogP contribution is 2.34. The van der Waals surface area contributed by atoms with Crippen molar-refractivity contribution in [1.82, 2.24) is 0 Å². The number of methoxy groups -OCH3 is 1. The summed E-state index contributed by atoms with van der Waals surface area (Å²) in [7, 11) is 1.35. The molecule has 1 unspecified atom stereocenters. The monoisotopic (exact) mass is 251 g/mol. The van der Waals surface area contributed by atoms with Crippen molar-refractivity contribution in [3.8, 4) is 11.5 Å². The minimum Gasteiger partial charge on any atom is -0.504 e. The van der Waals surface area contributed by atoms with E-state index in [-0.39, 0.29) is 23.5 Å². The molecule has 0 saturated carbocycles. The fourth-order valence-electron chi connectivity index (χ4n) is 1.28. The molecular formula is C10H12ClF2NO2. The Balaban J connectivity index is 2.99. The van der Waals surface area contributed by atoms with E-state index in [0.29, 0.717) is 5.02 Å². The van der Waals surface area contributed by atoms with E-state index in [1.807, 2.05) is 0 Å². The molecule has 90 valence electrons. The van der Waals surface area contributed by atoms with Gasteiger partial charge in [-0.15, -0.1) is 0 Å². The smallest absolute Gasteiger partial charge is 0.253 e. The van der Waals surface area contributed by atoms with Crippen LogP contribution in [0.15, 0.2) is 12.1 Å². The summed E-state index contributed by atoms with van der Waals surface area (Å²) in [5, 5.41) is 9.96. The number of hydrogen-bond acceptors (Lipinski definition) is 3. The largest absolute Gasteiger partial charge is 0.504 e. The molecule has 1 aromatic rings. The van der Waals surface area contributed by atoms with Crippen molar-refractivity contribution in [2.45, 2.75) is 18.9 Å². The molecule has 1 aromatic carbocycles. The molecular weight excluding hydrogens is 240 g/mol. The van der Waals surface area contributed by atoms with Gasteiger partial charge in [0.15, 0.2) is 11.5 Å². The highest BCUT2D eigenvalue weighted by atomic mass is 35.5. The second-order valence-corrected chi connectivity index (χ2v) is 3.75. The van der Waals surface area contributed by atoms with Gasteiger partial charge in [-0.2, -0.15) is 0 Å². The Morgan fingerprint density at radius 1 is 1.50 bits per heavy atom. The number of hydrogen-bond donors (Lipinski definition) is 2. The van der Waals surface area contributed by atoms with Crippen LogP contribution in [0, 0.1) is 0 Å². The maximum atomic E-state index is 12.3. The lowest BCUT2D eigenvalue weighted by molar-refractivity contribution is 0.115. The van der Waals surface area contributed by atoms with Crippen molar-refractivity contribution >= 4 is 11.6 Å². The van der Waals surface area contributed by atoms with E-state index < -0.39 is 12.5 Å². The molecule has 0 aromatic heterocycles. The van der Waals surface area contributed by atoms with Gasteiger partial charge in [-0.05, 0) is 12.5 Å². The van der Waals surface area contributed by atoms with Gasteiger partial charge >= 0.3 is 0 Å². The topological polar surface area (TPSA) is 55.5 Å². The highest BCUT2D eigenvalue weighted by molar-refractivity contribution is 6.30. The van der Waals surface area contributed by atoms with Crippen LogP contribution in [0.4, 0.5) is 8.78 Å². The third-order valence-electron chi connectivity index (χ3n) is 2.12. The number of nitrogens with two attached hydrogens (primary N) is 1. The van der Waals surface area contributed by atoms with Gasteiger partial charge in [0, 0.05) is 16.7 Å². The number of phenolic OH excluding ortho intramolecular Hbond substituents is 1. The van der Waals surface area contributed by atoms with Crippen molar-refractivity contribution in [2.24, 2.45) is 5.73 Å². The van der Waals surface area contributed by atoms with Crippen LogP contribution in [-0.2, 0) is 6.42 Å². The minimum absolute atomic E-state index is 0.143. The normalized spacial score (nSPS) is 12.9. The van der Waals surface area contributed by atoms with Crippen LogP contribution in [-0.4, -0.2) is 24.7 Å². The zero-order valence-corrected chi connectivity index (χ0v) is 9.34. The molecule has 3 N–H and O–H groups in total. The van der Waals surface area contributed by atoms with Crippen molar-refractivity contribution in [3.05, 3.63) is 22.7 Å². The molecule has 3 nitrogen and oxygen atoms in total. The first-order valence-electron chi connectivity index (χ1n) is 4.54. The lowest BCUT2D eigenvalue weighted by atomic mass is 10.1. The third kappa shape index (κ3) is 2.96. The van der Waals surface area contributed by atoms with E-state index in [2.05, 4.69) is 0 Å². The number of halogens is 3. The average molecular weight is 252 g/mol. The van der Waals surface area contributed by atoms with Crippen LogP contribution < -0.4 is 10.5 Å². The van der Waals surface area contributed by atoms with Crippen molar-refractivity contribution in [2.75, 3.05) is 7.11 Å². The molecule has 0 aliphatic rings. The van der Waals surface area contributed by atoms with Gasteiger partial charge in [-0.1, -0.05) is 11.6 Å². The maximum Gasteiger partial charge on any atom is 0.253 e. The van der Waals surface area contributed by atoms with Crippen LogP contribution in [0.25, 0.3) is 0 Å². The minimum atomic E-state index is -2.65. The molecule has 0 aliphatic carbocycles. The Bertz CT molecular complexity index is 374. The summed E-state index contributed by atoms with van der Waals surface area (Å²) >= 11 is 5.74. The lowest BCUT2D eigenvalue weighted by Crippen LogP contribution is -2.30. The van der Waals surface area contributed by atoms with Crippen LogP contribution in [0.5, 0.6) is 11.5 Å². The zero-order valence-electron chi connectivity index (χ0n) is 8.58. The van der Waals surface area contributed by atoms with E-state index in [9.17, 15) is 13.9 Å². The molecule has 0 radical (unpaired) electrons. The number of aromatic hydroxyl groups is 1. The number of rotatable bonds is 4. The summed E-state index contributed by atoms with van der Waals surface area (Å²) < 4.78 is 29.4. The zero-order chi connectivity index (χ0) is 12.3. The van der Waals surface area contributed by atoms with E-state index in [1.54, 1.807) is 0 Å². The molecule has 0 aliphatic heterocycles. The van der Waals surface area contributed by atoms with Gasteiger partial charge in [-0.3, -0.25) is 0 Å². The molecule has 0 spiro atoms. The summed E-state index contributed by atoms with van der Waals surface area (Å²) in [6.45, 7) is 0. The highest BCUT2D eigenvalue weighted by Gasteiger charge is 2.19. The molecule has 0 fully saturated rings. The number of benzene rings is 1. The fourth-order valence-corrected chi connectivity index (χ4v) is 1.51. The lowest BCUT2D eigenvalue weighted by Gasteiger charge is -2.13. The summed E-state index contributed by atoms with van der Waals surface area (Å²) in [4.78, 5) is 0. The number of alkyl halides is 2. The van der Waals surface area contributed by atoms with Gasteiger partial charge < -0.3 is 15.6 Å². The van der Waals surface area contributed by atoms with Gasteiger partial charge in [0.2, 0.25) is 0 Å². The molecule has 1 atom stereocenters. The van der Waals surface area contributed by atoms with E-state index in [1.165, 1.54) is 19.2 Å². The van der Waals surface area contributed by atoms with E-state index in [4.69, 9.17) is 22.1 Å². The summed E-state index contributed by atoms with van der Waals surface area (Å²) in [5.74, 6) is -0.0630. The molecule has 16 heavy (non-hydrogen) atoms. The molecule has 0 saturated heterocycles. The molecule has 0 amide bonds. The number of phenols is 1. The molecule has 0 bridgehead atoms. The second kappa shape index (κ2) is 5.32. The van der Waals surface area contributed by atoms with E-state index >= 15 is 0 Å². The Morgan fingerprint density at radius 2 is 2.12 bits per heavy atom. The quantitative estimate of drug-likeness (QED) is 0.863. The summed E-state index contributed by atoms with van der Waals surface area (Å²) in [5.41, 5.74) is 5.46. The maximum absolute atomic E-state index is 12.3. The first-order chi connectivity index (χ1) is 7.45. The van der Waals surface area contributed by atoms with Crippen molar-refractivity contribution < 1.29 is 18.6 Å². The van der Waals surface area contributed by atoms with E-state index in [0.717, 1.165) is 0 Å². The van der Waals surface area contributed by atoms with Crippen LogP contribution >= 0.6 is 11.6 Å². The van der Waals surface area contributed by atoms with Crippen LogP contribution in [0.3, 0.4) is 0 Å². The molecule has 0 heterocycles. The van der Waals surface area contributed by atoms with Gasteiger partial charge in [-0.25, -0.2) is 8.78 Å². The number of ether oxygens (including phenoxy) is 1. The SMILES string of the molecule is COc1cc(Cl)cc(CC(N)C(F)F)c1O. The Morgan fingerprint density at radius 3 is 2.62 bits per heavy atom. The Hall–Kier alpha value is -1.07. The third-order valence-corrected chi connectivity index (χ3v) is 2.34. The standard InChI is InChI=1S/C10H12ClF2NO2/c1-16-8-4-6(11)2-5(9(8)15)3-7(14)10(12)13/h2,4,7,10,15H,3,14H2,1H3. The first-order valence-corrected chi connectivity index (χ1v) is 4.92. The van der Waals surface area contributed by atoms with Crippen LogP contribution in [0.2, 0.25) is 5.02 Å². The Labute approximate surface area is 96.8 Å². The predicted octanol–water partition coefficient (Wildman–Crippen LogP) is 2.19. The average Bonchev–Trinajstić information content (AvgIpc) is 2.22. The van der Waals surface area contributed by atoms with Crippen molar-refractivity contribution in [1.29, 1.82) is 0 Å². The first kappa shape index (κ1) is 13.0. The molecule has 1 rings (SSSR count). The summed E-state index contributed by atoms with van der Waals surface area (Å²) in [6.07, 6.45) is -2.81. The van der Waals surface area contributed by atoms with Gasteiger partial charge in [0.05, 0.1) is 13.2 Å². The summed E-state index contributed by atoms with van der Waals surface area (Å²) in [6, 6.07) is 1.45. The van der Waals surface area contributed by atoms with Gasteiger partial charge in [0.25, 0.3) is 6.43 Å². The van der Waals surface area contributed by atoms with Crippen molar-refractivity contribution in [3.63, 3.8) is 0 Å². The Kier molecular flexibility index (Phi) is 4.32. The fraction of sp³-hybridized carbons (Fsp3) is 0.400. The van der Waals surface area contributed by atoms with Crippen LogP contribution in [0.1, 0.15) is 5.56 Å². The van der Waals surface area contributed by atoms with Gasteiger partial charge in [0.1, 0.15) is 0 Å². The molecule has 6 heteroatoms. The predicted molar refractivity (Wildman–Crippen MR) is 57.4 cm³/mol.